The molecule has 1 aliphatic heterocycles. The van der Waals surface area contributed by atoms with Crippen molar-refractivity contribution in [2.45, 2.75) is 6.10 Å². The normalized spacial score (nSPS) is 20.7. The maximum Gasteiger partial charge on any atom is 0.259 e. The number of nitrogens with zero attached hydrogens (tertiary/aromatic N) is 3. The van der Waals surface area contributed by atoms with Crippen molar-refractivity contribution in [3.05, 3.63) is 42.2 Å². The Hall–Kier alpha value is -2.23. The highest BCUT2D eigenvalue weighted by Crippen LogP contribution is 2.26. The quantitative estimate of drug-likeness (QED) is 0.819. The third-order valence-electron chi connectivity index (χ3n) is 4.52. The second-order valence-corrected chi connectivity index (χ2v) is 8.77. The molecule has 0 saturated carbocycles. The highest BCUT2D eigenvalue weighted by molar-refractivity contribution is 7.89. The van der Waals surface area contributed by atoms with E-state index in [0.29, 0.717) is 11.3 Å². The lowest BCUT2D eigenvalue weighted by molar-refractivity contribution is 0.0764. The van der Waals surface area contributed by atoms with Gasteiger partial charge in [0.05, 0.1) is 11.9 Å². The predicted octanol–water partition coefficient (Wildman–Crippen LogP) is 0.666. The Balaban J connectivity index is 1.78. The third-order valence-corrected chi connectivity index (χ3v) is 6.48. The lowest BCUT2D eigenvalue weighted by atomic mass is 10.1. The van der Waals surface area contributed by atoms with Gasteiger partial charge in [-0.3, -0.25) is 4.79 Å². The Bertz CT molecular complexity index is 879. The lowest BCUT2D eigenvalue weighted by Gasteiger charge is -2.17. The van der Waals surface area contributed by atoms with Gasteiger partial charge in [-0.05, 0) is 0 Å². The summed E-state index contributed by atoms with van der Waals surface area (Å²) in [4.78, 5) is 14.3. The largest absolute Gasteiger partial charge is 0.391 e. The average molecular weight is 379 g/mol. The summed E-state index contributed by atoms with van der Waals surface area (Å²) in [7, 11) is -0.570. The van der Waals surface area contributed by atoms with Gasteiger partial charge < -0.3 is 14.5 Å². The molecule has 1 aliphatic rings. The fourth-order valence-corrected chi connectivity index (χ4v) is 4.13. The molecule has 2 atom stereocenters. The van der Waals surface area contributed by atoms with Gasteiger partial charge in [-0.15, -0.1) is 0 Å². The Morgan fingerprint density at radius 1 is 1.31 bits per heavy atom. The van der Waals surface area contributed by atoms with Gasteiger partial charge >= 0.3 is 0 Å². The zero-order valence-corrected chi connectivity index (χ0v) is 15.4. The summed E-state index contributed by atoms with van der Waals surface area (Å²) in [6.07, 6.45) is 0.384. The van der Waals surface area contributed by atoms with E-state index in [1.165, 1.54) is 25.3 Å². The molecule has 1 aromatic heterocycles. The molecule has 26 heavy (non-hydrogen) atoms. The van der Waals surface area contributed by atoms with Crippen LogP contribution in [0.15, 0.2) is 41.1 Å². The van der Waals surface area contributed by atoms with Crippen LogP contribution in [0.3, 0.4) is 0 Å². The van der Waals surface area contributed by atoms with Crippen LogP contribution in [0.5, 0.6) is 0 Å². The molecule has 9 heteroatoms. The molecule has 1 amide bonds. The molecule has 0 unspecified atom stereocenters. The predicted molar refractivity (Wildman–Crippen MR) is 94.8 cm³/mol. The number of rotatable bonds is 5. The van der Waals surface area contributed by atoms with Crippen molar-refractivity contribution in [2.75, 3.05) is 32.9 Å². The minimum atomic E-state index is -3.46. The highest BCUT2D eigenvalue weighted by atomic mass is 32.2. The number of aliphatic hydroxyl groups excluding tert-OH is 1. The van der Waals surface area contributed by atoms with E-state index in [2.05, 4.69) is 5.16 Å². The fraction of sp³-hybridized carbons (Fsp3) is 0.412. The van der Waals surface area contributed by atoms with Gasteiger partial charge in [0.2, 0.25) is 10.0 Å². The maximum absolute atomic E-state index is 12.8. The van der Waals surface area contributed by atoms with E-state index in [9.17, 15) is 18.3 Å². The van der Waals surface area contributed by atoms with Crippen LogP contribution in [-0.4, -0.2) is 72.8 Å². The van der Waals surface area contributed by atoms with Crippen LogP contribution in [0.25, 0.3) is 11.3 Å². The molecule has 0 radical (unpaired) electrons. The van der Waals surface area contributed by atoms with Gasteiger partial charge in [0.25, 0.3) is 5.91 Å². The van der Waals surface area contributed by atoms with Gasteiger partial charge in [-0.1, -0.05) is 35.5 Å². The number of likely N-dealkylation sites (tertiary alicyclic amines) is 1. The summed E-state index contributed by atoms with van der Waals surface area (Å²) in [5.41, 5.74) is 1.46. The first-order valence-electron chi connectivity index (χ1n) is 8.17. The van der Waals surface area contributed by atoms with Crippen LogP contribution in [0, 0.1) is 5.92 Å². The van der Waals surface area contributed by atoms with E-state index >= 15 is 0 Å². The van der Waals surface area contributed by atoms with Crippen molar-refractivity contribution in [3.63, 3.8) is 0 Å². The summed E-state index contributed by atoms with van der Waals surface area (Å²) < 4.78 is 30.2. The van der Waals surface area contributed by atoms with E-state index in [0.717, 1.165) is 9.87 Å². The van der Waals surface area contributed by atoms with Crippen molar-refractivity contribution < 1.29 is 22.8 Å². The first kappa shape index (κ1) is 18.6. The number of benzene rings is 1. The molecule has 0 bridgehead atoms. The standard InChI is InChI=1S/C17H21N3O5S/c1-19(2)26(23,24)11-13-8-20(9-15(13)21)17(22)14-10-25-18-16(14)12-6-4-3-5-7-12/h3-7,10,13,15,21H,8-9,11H2,1-2H3/t13-,15-/m0/s1. The van der Waals surface area contributed by atoms with Crippen LogP contribution < -0.4 is 0 Å². The number of β-amino-alcohol motifs (C(OH)–C–C–N with tert-alkyl or cyclic N) is 1. The summed E-state index contributed by atoms with van der Waals surface area (Å²) in [6, 6.07) is 9.16. The molecule has 3 rings (SSSR count). The van der Waals surface area contributed by atoms with E-state index < -0.39 is 22.0 Å². The average Bonchev–Trinajstić information content (AvgIpc) is 3.22. The molecule has 2 aromatic rings. The monoisotopic (exact) mass is 379 g/mol. The number of carbonyl (C=O) groups excluding carboxylic acids is 1. The van der Waals surface area contributed by atoms with Gasteiger partial charge in [0.15, 0.2) is 0 Å². The Morgan fingerprint density at radius 2 is 2.00 bits per heavy atom. The topological polar surface area (TPSA) is 104 Å². The number of sulfonamides is 1. The van der Waals surface area contributed by atoms with Gasteiger partial charge in [0.1, 0.15) is 17.5 Å². The summed E-state index contributed by atoms with van der Waals surface area (Å²) in [5, 5.41) is 14.1. The molecule has 8 nitrogen and oxygen atoms in total. The number of aromatic nitrogens is 1. The second kappa shape index (κ2) is 7.18. The van der Waals surface area contributed by atoms with Gasteiger partial charge in [-0.2, -0.15) is 0 Å². The van der Waals surface area contributed by atoms with E-state index in [4.69, 9.17) is 4.52 Å². The van der Waals surface area contributed by atoms with Crippen LogP contribution >= 0.6 is 0 Å². The highest BCUT2D eigenvalue weighted by Gasteiger charge is 2.38. The zero-order chi connectivity index (χ0) is 18.9. The first-order chi connectivity index (χ1) is 12.3. The molecule has 0 spiro atoms. The molecular weight excluding hydrogens is 358 g/mol. The Labute approximate surface area is 152 Å². The number of hydrogen-bond donors (Lipinski definition) is 1. The smallest absolute Gasteiger partial charge is 0.259 e. The Kier molecular flexibility index (Phi) is 5.12. The number of aliphatic hydroxyl groups is 1. The molecule has 1 aromatic carbocycles. The van der Waals surface area contributed by atoms with Crippen molar-refractivity contribution in [3.8, 4) is 11.3 Å². The SMILES string of the molecule is CN(C)S(=O)(=O)C[C@@H]1CN(C(=O)c2conc2-c2ccccc2)C[C@@H]1O. The van der Waals surface area contributed by atoms with Crippen LogP contribution in [0.1, 0.15) is 10.4 Å². The van der Waals surface area contributed by atoms with E-state index in [1.807, 2.05) is 30.3 Å². The second-order valence-electron chi connectivity index (χ2n) is 6.54. The van der Waals surface area contributed by atoms with Crippen LogP contribution in [-0.2, 0) is 10.0 Å². The molecule has 1 saturated heterocycles. The van der Waals surface area contributed by atoms with E-state index in [1.54, 1.807) is 0 Å². The summed E-state index contributed by atoms with van der Waals surface area (Å²) >= 11 is 0. The van der Waals surface area contributed by atoms with Crippen molar-refractivity contribution in [1.82, 2.24) is 14.4 Å². The zero-order valence-electron chi connectivity index (χ0n) is 14.6. The maximum atomic E-state index is 12.8. The number of amides is 1. The summed E-state index contributed by atoms with van der Waals surface area (Å²) in [6.45, 7) is 0.234. The molecular formula is C17H21N3O5S. The Morgan fingerprint density at radius 3 is 2.65 bits per heavy atom. The molecule has 2 heterocycles. The van der Waals surface area contributed by atoms with Crippen molar-refractivity contribution >= 4 is 15.9 Å². The van der Waals surface area contributed by atoms with Crippen molar-refractivity contribution in [2.24, 2.45) is 5.92 Å². The van der Waals surface area contributed by atoms with Gasteiger partial charge in [0, 0.05) is 38.7 Å². The first-order valence-corrected chi connectivity index (χ1v) is 9.78. The van der Waals surface area contributed by atoms with Crippen molar-refractivity contribution in [1.29, 1.82) is 0 Å². The molecule has 1 N–H and O–H groups in total. The number of carbonyl (C=O) groups is 1. The number of hydrogen-bond acceptors (Lipinski definition) is 6. The van der Waals surface area contributed by atoms with E-state index in [-0.39, 0.29) is 24.7 Å². The summed E-state index contributed by atoms with van der Waals surface area (Å²) in [5.74, 6) is -1.08. The lowest BCUT2D eigenvalue weighted by Crippen LogP contribution is -2.33. The minimum absolute atomic E-state index is 0.0753. The molecule has 140 valence electrons. The molecule has 0 aliphatic carbocycles. The van der Waals surface area contributed by atoms with Crippen LogP contribution in [0.4, 0.5) is 0 Å². The fourth-order valence-electron chi connectivity index (χ4n) is 2.97. The third kappa shape index (κ3) is 3.64. The van der Waals surface area contributed by atoms with Gasteiger partial charge in [-0.25, -0.2) is 12.7 Å². The molecule has 1 fully saturated rings. The van der Waals surface area contributed by atoms with Crippen LogP contribution in [0.2, 0.25) is 0 Å². The minimum Gasteiger partial charge on any atom is -0.391 e.